The van der Waals surface area contributed by atoms with Crippen molar-refractivity contribution in [2.24, 2.45) is 11.7 Å². The van der Waals surface area contributed by atoms with Gasteiger partial charge in [-0.3, -0.25) is 0 Å². The fourth-order valence-electron chi connectivity index (χ4n) is 3.89. The predicted molar refractivity (Wildman–Crippen MR) is 76.7 cm³/mol. The number of fused-ring (bicyclic) bond motifs is 1. The molecule has 2 nitrogen and oxygen atoms in total. The summed E-state index contributed by atoms with van der Waals surface area (Å²) in [6.45, 7) is 2.92. The largest absolute Gasteiger partial charge is 0.366 e. The molecule has 1 heterocycles. The molecule has 0 amide bonds. The molecule has 2 aliphatic rings. The summed E-state index contributed by atoms with van der Waals surface area (Å²) < 4.78 is 14.3. The molecule has 0 aromatic heterocycles. The molecule has 1 aliphatic carbocycles. The summed E-state index contributed by atoms with van der Waals surface area (Å²) in [6, 6.07) is 5.72. The van der Waals surface area contributed by atoms with Crippen LogP contribution < -0.4 is 10.6 Å². The average Bonchev–Trinajstić information content (AvgIpc) is 2.82. The molecule has 1 aromatic rings. The minimum atomic E-state index is -0.117. The Hall–Kier alpha value is -1.09. The highest BCUT2D eigenvalue weighted by Crippen LogP contribution is 2.41. The molecule has 2 fully saturated rings. The van der Waals surface area contributed by atoms with Crippen molar-refractivity contribution in [3.63, 3.8) is 0 Å². The molecule has 0 bridgehead atoms. The third-order valence-corrected chi connectivity index (χ3v) is 4.81. The van der Waals surface area contributed by atoms with Gasteiger partial charge >= 0.3 is 0 Å². The molecular formula is C16H23FN2. The van der Waals surface area contributed by atoms with Gasteiger partial charge in [0, 0.05) is 18.6 Å². The van der Waals surface area contributed by atoms with E-state index in [9.17, 15) is 4.39 Å². The van der Waals surface area contributed by atoms with E-state index in [0.29, 0.717) is 6.04 Å². The Labute approximate surface area is 114 Å². The third-order valence-electron chi connectivity index (χ3n) is 4.81. The van der Waals surface area contributed by atoms with Crippen molar-refractivity contribution in [1.82, 2.24) is 0 Å². The van der Waals surface area contributed by atoms with Crippen LogP contribution in [0, 0.1) is 11.7 Å². The minimum absolute atomic E-state index is 0.110. The van der Waals surface area contributed by atoms with Gasteiger partial charge in [0.15, 0.2) is 0 Å². The quantitative estimate of drug-likeness (QED) is 0.882. The van der Waals surface area contributed by atoms with Crippen LogP contribution in [0.4, 0.5) is 10.1 Å². The first-order valence-corrected chi connectivity index (χ1v) is 7.49. The highest BCUT2D eigenvalue weighted by Gasteiger charge is 2.37. The van der Waals surface area contributed by atoms with E-state index in [-0.39, 0.29) is 11.9 Å². The molecule has 1 saturated heterocycles. The van der Waals surface area contributed by atoms with E-state index in [1.807, 2.05) is 13.0 Å². The summed E-state index contributed by atoms with van der Waals surface area (Å²) in [5, 5.41) is 0. The fraction of sp³-hybridized carbons (Fsp3) is 0.625. The topological polar surface area (TPSA) is 29.3 Å². The van der Waals surface area contributed by atoms with Crippen molar-refractivity contribution in [1.29, 1.82) is 0 Å². The number of anilines is 1. The van der Waals surface area contributed by atoms with Crippen molar-refractivity contribution in [2.45, 2.75) is 51.1 Å². The lowest BCUT2D eigenvalue weighted by Crippen LogP contribution is -2.36. The number of nitrogens with two attached hydrogens (primary N) is 1. The van der Waals surface area contributed by atoms with Crippen LogP contribution in [0.15, 0.2) is 18.2 Å². The second kappa shape index (κ2) is 5.12. The summed E-state index contributed by atoms with van der Waals surface area (Å²) in [5.41, 5.74) is 7.75. The SMILES string of the molecule is CC(N)c1cccc(F)c1N1CCC2CCCCC21. The molecule has 3 atom stereocenters. The normalized spacial score (nSPS) is 28.3. The van der Waals surface area contributed by atoms with Gasteiger partial charge in [0.2, 0.25) is 0 Å². The Balaban J connectivity index is 1.97. The van der Waals surface area contributed by atoms with E-state index in [1.54, 1.807) is 12.1 Å². The highest BCUT2D eigenvalue weighted by molar-refractivity contribution is 5.57. The van der Waals surface area contributed by atoms with Gasteiger partial charge in [-0.25, -0.2) is 4.39 Å². The van der Waals surface area contributed by atoms with Gasteiger partial charge in [-0.1, -0.05) is 25.0 Å². The number of rotatable bonds is 2. The lowest BCUT2D eigenvalue weighted by atomic mass is 9.85. The van der Waals surface area contributed by atoms with Crippen LogP contribution in [0.5, 0.6) is 0 Å². The number of nitrogens with zero attached hydrogens (tertiary/aromatic N) is 1. The fourth-order valence-corrected chi connectivity index (χ4v) is 3.89. The summed E-state index contributed by atoms with van der Waals surface area (Å²) >= 11 is 0. The number of hydrogen-bond donors (Lipinski definition) is 1. The van der Waals surface area contributed by atoms with Gasteiger partial charge < -0.3 is 10.6 Å². The van der Waals surface area contributed by atoms with E-state index in [2.05, 4.69) is 4.90 Å². The zero-order valence-electron chi connectivity index (χ0n) is 11.6. The van der Waals surface area contributed by atoms with Crippen molar-refractivity contribution >= 4 is 5.69 Å². The first kappa shape index (κ1) is 12.9. The van der Waals surface area contributed by atoms with Gasteiger partial charge in [-0.2, -0.15) is 0 Å². The molecule has 1 aromatic carbocycles. The van der Waals surface area contributed by atoms with E-state index in [4.69, 9.17) is 5.73 Å². The summed E-state index contributed by atoms with van der Waals surface area (Å²) in [4.78, 5) is 2.30. The van der Waals surface area contributed by atoms with Gasteiger partial charge in [0.05, 0.1) is 5.69 Å². The molecule has 1 saturated carbocycles. The Bertz CT molecular complexity index is 458. The Morgan fingerprint density at radius 1 is 1.26 bits per heavy atom. The van der Waals surface area contributed by atoms with Crippen LogP contribution >= 0.6 is 0 Å². The molecule has 0 radical (unpaired) electrons. The van der Waals surface area contributed by atoms with E-state index < -0.39 is 0 Å². The predicted octanol–water partition coefficient (Wildman–Crippen LogP) is 3.61. The van der Waals surface area contributed by atoms with E-state index >= 15 is 0 Å². The van der Waals surface area contributed by atoms with Crippen LogP contribution in [0.25, 0.3) is 0 Å². The van der Waals surface area contributed by atoms with Crippen molar-refractivity contribution in [2.75, 3.05) is 11.4 Å². The second-order valence-electron chi connectivity index (χ2n) is 6.06. The van der Waals surface area contributed by atoms with Gasteiger partial charge in [0.1, 0.15) is 5.82 Å². The zero-order valence-corrected chi connectivity index (χ0v) is 11.6. The maximum atomic E-state index is 14.3. The maximum absolute atomic E-state index is 14.3. The molecule has 3 rings (SSSR count). The number of halogens is 1. The van der Waals surface area contributed by atoms with Crippen LogP contribution in [-0.4, -0.2) is 12.6 Å². The number of hydrogen-bond acceptors (Lipinski definition) is 2. The number of para-hydroxylation sites is 1. The van der Waals surface area contributed by atoms with Crippen LogP contribution in [0.2, 0.25) is 0 Å². The van der Waals surface area contributed by atoms with Gasteiger partial charge in [-0.15, -0.1) is 0 Å². The standard InChI is InChI=1S/C16H23FN2/c1-11(18)13-6-4-7-14(17)16(13)19-10-9-12-5-2-3-8-15(12)19/h4,6-7,11-12,15H,2-3,5,8-10,18H2,1H3. The zero-order chi connectivity index (χ0) is 13.4. The Morgan fingerprint density at radius 3 is 2.84 bits per heavy atom. The Morgan fingerprint density at radius 2 is 2.05 bits per heavy atom. The average molecular weight is 262 g/mol. The van der Waals surface area contributed by atoms with Crippen LogP contribution in [0.1, 0.15) is 50.6 Å². The molecule has 3 unspecified atom stereocenters. The summed E-state index contributed by atoms with van der Waals surface area (Å²) in [6.07, 6.45) is 6.34. The lowest BCUT2D eigenvalue weighted by Gasteiger charge is -2.35. The third kappa shape index (κ3) is 2.25. The van der Waals surface area contributed by atoms with E-state index in [1.165, 1.54) is 32.1 Å². The summed E-state index contributed by atoms with van der Waals surface area (Å²) in [7, 11) is 0. The first-order chi connectivity index (χ1) is 9.18. The number of benzene rings is 1. The molecule has 1 aliphatic heterocycles. The lowest BCUT2D eigenvalue weighted by molar-refractivity contribution is 0.341. The highest BCUT2D eigenvalue weighted by atomic mass is 19.1. The first-order valence-electron chi connectivity index (χ1n) is 7.49. The molecule has 3 heteroatoms. The monoisotopic (exact) mass is 262 g/mol. The van der Waals surface area contributed by atoms with Crippen LogP contribution in [-0.2, 0) is 0 Å². The molecule has 0 spiro atoms. The minimum Gasteiger partial charge on any atom is -0.366 e. The van der Waals surface area contributed by atoms with Gasteiger partial charge in [0.25, 0.3) is 0 Å². The molecule has 2 N–H and O–H groups in total. The molecule has 104 valence electrons. The summed E-state index contributed by atoms with van der Waals surface area (Å²) in [5.74, 6) is 0.648. The van der Waals surface area contributed by atoms with E-state index in [0.717, 1.165) is 23.7 Å². The maximum Gasteiger partial charge on any atom is 0.146 e. The smallest absolute Gasteiger partial charge is 0.146 e. The van der Waals surface area contributed by atoms with Crippen molar-refractivity contribution in [3.8, 4) is 0 Å². The molecule has 19 heavy (non-hydrogen) atoms. The molecular weight excluding hydrogens is 239 g/mol. The van der Waals surface area contributed by atoms with Gasteiger partial charge in [-0.05, 0) is 43.7 Å². The van der Waals surface area contributed by atoms with Crippen molar-refractivity contribution < 1.29 is 4.39 Å². The van der Waals surface area contributed by atoms with Crippen LogP contribution in [0.3, 0.4) is 0 Å². The second-order valence-corrected chi connectivity index (χ2v) is 6.06. The Kier molecular flexibility index (Phi) is 3.48. The van der Waals surface area contributed by atoms with Crippen molar-refractivity contribution in [3.05, 3.63) is 29.6 Å².